The maximum atomic E-state index is 9.66. The molecule has 80 valence electrons. The fraction of sp³-hybridized carbons (Fsp3) is 0.300. The van der Waals surface area contributed by atoms with Crippen molar-refractivity contribution >= 4 is 22.6 Å². The first-order valence-corrected chi connectivity index (χ1v) is 5.00. The van der Waals surface area contributed by atoms with Gasteiger partial charge in [-0.3, -0.25) is 0 Å². The fourth-order valence-electron chi connectivity index (χ4n) is 1.55. The Labute approximate surface area is 92.3 Å². The Morgan fingerprint density at radius 3 is 3.00 bits per heavy atom. The predicted octanol–water partition coefficient (Wildman–Crippen LogP) is 1.22. The summed E-state index contributed by atoms with van der Waals surface area (Å²) in [6, 6.07) is 3.56. The van der Waals surface area contributed by atoms with Crippen LogP contribution >= 0.6 is 11.6 Å². The summed E-state index contributed by atoms with van der Waals surface area (Å²) in [5, 5.41) is 10.2. The largest absolute Gasteiger partial charge is 0.387 e. The van der Waals surface area contributed by atoms with Gasteiger partial charge in [0.25, 0.3) is 0 Å². The molecule has 3 N–H and O–H groups in total. The van der Waals surface area contributed by atoms with Gasteiger partial charge < -0.3 is 15.4 Å². The molecule has 0 aliphatic rings. The van der Waals surface area contributed by atoms with Crippen molar-refractivity contribution in [3.8, 4) is 0 Å². The third-order valence-electron chi connectivity index (χ3n) is 2.43. The SMILES string of the molecule is Cn1cnc2cc(Cl)c(C(O)CN)cc21. The van der Waals surface area contributed by atoms with Gasteiger partial charge in [0.05, 0.1) is 23.5 Å². The minimum atomic E-state index is -0.725. The summed E-state index contributed by atoms with van der Waals surface area (Å²) in [5.41, 5.74) is 7.80. The number of imidazole rings is 1. The number of hydrogen-bond donors (Lipinski definition) is 2. The monoisotopic (exact) mass is 225 g/mol. The van der Waals surface area contributed by atoms with E-state index < -0.39 is 6.10 Å². The Morgan fingerprint density at radius 1 is 1.60 bits per heavy atom. The molecule has 0 saturated carbocycles. The van der Waals surface area contributed by atoms with Crippen LogP contribution in [0.2, 0.25) is 5.02 Å². The summed E-state index contributed by atoms with van der Waals surface area (Å²) in [6.07, 6.45) is 0.983. The maximum Gasteiger partial charge on any atom is 0.0955 e. The van der Waals surface area contributed by atoms with Crippen molar-refractivity contribution in [1.82, 2.24) is 9.55 Å². The molecule has 1 atom stereocenters. The Bertz CT molecular complexity index is 495. The van der Waals surface area contributed by atoms with Crippen LogP contribution in [0.3, 0.4) is 0 Å². The van der Waals surface area contributed by atoms with Gasteiger partial charge in [0, 0.05) is 24.2 Å². The lowest BCUT2D eigenvalue weighted by atomic mass is 10.1. The minimum Gasteiger partial charge on any atom is -0.387 e. The lowest BCUT2D eigenvalue weighted by Gasteiger charge is -2.10. The molecule has 0 bridgehead atoms. The number of aliphatic hydroxyl groups is 1. The van der Waals surface area contributed by atoms with Gasteiger partial charge in [0.1, 0.15) is 0 Å². The molecular formula is C10H12ClN3O. The summed E-state index contributed by atoms with van der Waals surface area (Å²) >= 11 is 6.02. The number of nitrogens with two attached hydrogens (primary N) is 1. The highest BCUT2D eigenvalue weighted by Crippen LogP contribution is 2.27. The standard InChI is InChI=1S/C10H12ClN3O/c1-14-5-13-8-3-7(11)6(2-9(8)14)10(15)4-12/h2-3,5,10,15H,4,12H2,1H3. The molecule has 0 radical (unpaired) electrons. The van der Waals surface area contributed by atoms with E-state index >= 15 is 0 Å². The smallest absolute Gasteiger partial charge is 0.0955 e. The van der Waals surface area contributed by atoms with Gasteiger partial charge in [-0.2, -0.15) is 0 Å². The molecule has 2 aromatic rings. The van der Waals surface area contributed by atoms with Gasteiger partial charge in [-0.1, -0.05) is 11.6 Å². The third kappa shape index (κ3) is 1.71. The second-order valence-corrected chi connectivity index (χ2v) is 3.88. The zero-order valence-electron chi connectivity index (χ0n) is 8.31. The van der Waals surface area contributed by atoms with Crippen LogP contribution < -0.4 is 5.73 Å². The highest BCUT2D eigenvalue weighted by atomic mass is 35.5. The molecule has 1 unspecified atom stereocenters. The second kappa shape index (κ2) is 3.81. The molecule has 0 aliphatic heterocycles. The first kappa shape index (κ1) is 10.4. The van der Waals surface area contributed by atoms with Crippen molar-refractivity contribution in [3.63, 3.8) is 0 Å². The van der Waals surface area contributed by atoms with Crippen LogP contribution in [0.4, 0.5) is 0 Å². The van der Waals surface area contributed by atoms with E-state index in [0.29, 0.717) is 10.6 Å². The lowest BCUT2D eigenvalue weighted by molar-refractivity contribution is 0.187. The summed E-state index contributed by atoms with van der Waals surface area (Å²) < 4.78 is 1.87. The first-order chi connectivity index (χ1) is 7.13. The minimum absolute atomic E-state index is 0.156. The van der Waals surface area contributed by atoms with Crippen molar-refractivity contribution in [2.45, 2.75) is 6.10 Å². The summed E-state index contributed by atoms with van der Waals surface area (Å²) in [6.45, 7) is 0.156. The molecule has 1 aromatic carbocycles. The molecule has 0 saturated heterocycles. The van der Waals surface area contributed by atoms with Gasteiger partial charge in [0.2, 0.25) is 0 Å². The molecule has 4 nitrogen and oxygen atoms in total. The Morgan fingerprint density at radius 2 is 2.33 bits per heavy atom. The lowest BCUT2D eigenvalue weighted by Crippen LogP contribution is -2.12. The number of rotatable bonds is 2. The van der Waals surface area contributed by atoms with E-state index in [4.69, 9.17) is 17.3 Å². The van der Waals surface area contributed by atoms with Gasteiger partial charge >= 0.3 is 0 Å². The summed E-state index contributed by atoms with van der Waals surface area (Å²) in [7, 11) is 1.89. The first-order valence-electron chi connectivity index (χ1n) is 4.62. The quantitative estimate of drug-likeness (QED) is 0.808. The van der Waals surface area contributed by atoms with E-state index in [-0.39, 0.29) is 6.54 Å². The highest BCUT2D eigenvalue weighted by Gasteiger charge is 2.12. The number of aliphatic hydroxyl groups excluding tert-OH is 1. The van der Waals surface area contributed by atoms with Crippen LogP contribution in [0, 0.1) is 0 Å². The topological polar surface area (TPSA) is 64.1 Å². The van der Waals surface area contributed by atoms with E-state index in [9.17, 15) is 5.11 Å². The number of aryl methyl sites for hydroxylation is 1. The Balaban J connectivity index is 2.64. The molecule has 1 heterocycles. The van der Waals surface area contributed by atoms with E-state index in [2.05, 4.69) is 4.98 Å². The number of halogens is 1. The molecule has 5 heteroatoms. The van der Waals surface area contributed by atoms with E-state index in [1.54, 1.807) is 12.4 Å². The Hall–Kier alpha value is -1.10. The fourth-order valence-corrected chi connectivity index (χ4v) is 1.83. The van der Waals surface area contributed by atoms with E-state index in [1.165, 1.54) is 0 Å². The number of nitrogens with zero attached hydrogens (tertiary/aromatic N) is 2. The normalized spacial score (nSPS) is 13.3. The van der Waals surface area contributed by atoms with Crippen LogP contribution in [-0.4, -0.2) is 21.2 Å². The highest BCUT2D eigenvalue weighted by molar-refractivity contribution is 6.32. The number of aromatic nitrogens is 2. The van der Waals surface area contributed by atoms with Crippen LogP contribution in [0.5, 0.6) is 0 Å². The van der Waals surface area contributed by atoms with Gasteiger partial charge in [-0.25, -0.2) is 4.98 Å². The molecule has 0 amide bonds. The van der Waals surface area contributed by atoms with Gasteiger partial charge in [-0.15, -0.1) is 0 Å². The average molecular weight is 226 g/mol. The van der Waals surface area contributed by atoms with Gasteiger partial charge in [-0.05, 0) is 12.1 Å². The molecule has 1 aromatic heterocycles. The van der Waals surface area contributed by atoms with Crippen molar-refractivity contribution < 1.29 is 5.11 Å². The molecule has 2 rings (SSSR count). The number of hydrogen-bond acceptors (Lipinski definition) is 3. The predicted molar refractivity (Wildman–Crippen MR) is 59.7 cm³/mol. The molecule has 0 fully saturated rings. The Kier molecular flexibility index (Phi) is 2.65. The van der Waals surface area contributed by atoms with Crippen molar-refractivity contribution in [1.29, 1.82) is 0 Å². The summed E-state index contributed by atoms with van der Waals surface area (Å²) in [4.78, 5) is 4.17. The molecule has 0 aliphatic carbocycles. The van der Waals surface area contributed by atoms with Crippen molar-refractivity contribution in [3.05, 3.63) is 29.0 Å². The van der Waals surface area contributed by atoms with Crippen molar-refractivity contribution in [2.24, 2.45) is 12.8 Å². The van der Waals surface area contributed by atoms with Gasteiger partial charge in [0.15, 0.2) is 0 Å². The number of fused-ring (bicyclic) bond motifs is 1. The van der Waals surface area contributed by atoms with Crippen LogP contribution in [0.15, 0.2) is 18.5 Å². The zero-order valence-corrected chi connectivity index (χ0v) is 9.07. The number of benzene rings is 1. The average Bonchev–Trinajstić information content (AvgIpc) is 2.58. The van der Waals surface area contributed by atoms with E-state index in [0.717, 1.165) is 11.0 Å². The van der Waals surface area contributed by atoms with E-state index in [1.807, 2.05) is 17.7 Å². The molecule has 15 heavy (non-hydrogen) atoms. The summed E-state index contributed by atoms with van der Waals surface area (Å²) in [5.74, 6) is 0. The third-order valence-corrected chi connectivity index (χ3v) is 2.75. The zero-order chi connectivity index (χ0) is 11.0. The molecular weight excluding hydrogens is 214 g/mol. The second-order valence-electron chi connectivity index (χ2n) is 3.47. The van der Waals surface area contributed by atoms with Crippen LogP contribution in [0.25, 0.3) is 11.0 Å². The van der Waals surface area contributed by atoms with Crippen LogP contribution in [0.1, 0.15) is 11.7 Å². The van der Waals surface area contributed by atoms with Crippen LogP contribution in [-0.2, 0) is 7.05 Å². The maximum absolute atomic E-state index is 9.66. The molecule has 0 spiro atoms. The van der Waals surface area contributed by atoms with Crippen molar-refractivity contribution in [2.75, 3.05) is 6.54 Å².